The minimum atomic E-state index is -1.13. The van der Waals surface area contributed by atoms with Crippen LogP contribution in [0.5, 0.6) is 0 Å². The Morgan fingerprint density at radius 1 is 1.57 bits per heavy atom. The molecule has 82 valence electrons. The fourth-order valence-corrected chi connectivity index (χ4v) is 3.44. The van der Waals surface area contributed by atoms with Crippen molar-refractivity contribution in [3.63, 3.8) is 0 Å². The summed E-state index contributed by atoms with van der Waals surface area (Å²) in [6, 6.07) is 0. The van der Waals surface area contributed by atoms with Crippen LogP contribution in [0.3, 0.4) is 0 Å². The summed E-state index contributed by atoms with van der Waals surface area (Å²) in [4.78, 5) is 10.6. The van der Waals surface area contributed by atoms with Crippen LogP contribution in [0.15, 0.2) is 0 Å². The van der Waals surface area contributed by atoms with E-state index in [1.807, 2.05) is 13.8 Å². The van der Waals surface area contributed by atoms with Gasteiger partial charge in [0.1, 0.15) is 0 Å². The third kappa shape index (κ3) is 2.23. The molecule has 0 aliphatic heterocycles. The molecule has 0 radical (unpaired) electrons. The molecule has 0 bridgehead atoms. The van der Waals surface area contributed by atoms with Crippen molar-refractivity contribution in [2.45, 2.75) is 21.9 Å². The predicted molar refractivity (Wildman–Crippen MR) is 64.5 cm³/mol. The van der Waals surface area contributed by atoms with E-state index >= 15 is 0 Å². The number of carboxylic acids is 1. The zero-order chi connectivity index (χ0) is 11.3. The Kier molecular flexibility index (Phi) is 3.54. The number of carboxylic acid groups (broad SMARTS) is 1. The summed E-state index contributed by atoms with van der Waals surface area (Å²) in [6.07, 6.45) is 0. The molecule has 0 amide bonds. The highest BCUT2D eigenvalue weighted by molar-refractivity contribution is 9.13. The molecule has 1 N–H and O–H groups in total. The first-order chi connectivity index (χ1) is 6.10. The van der Waals surface area contributed by atoms with Gasteiger partial charge in [0, 0.05) is 0 Å². The fraction of sp³-hybridized carbons (Fsp3) is 0.875. The van der Waals surface area contributed by atoms with E-state index in [1.165, 1.54) is 0 Å². The Balaban J connectivity index is 2.79. The van der Waals surface area contributed by atoms with Crippen LogP contribution in [0, 0.1) is 17.3 Å². The zero-order valence-corrected chi connectivity index (χ0v) is 12.3. The van der Waals surface area contributed by atoms with Crippen molar-refractivity contribution >= 4 is 61.0 Å². The number of hydrogen-bond acceptors (Lipinski definition) is 1. The summed E-state index contributed by atoms with van der Waals surface area (Å²) in [5.74, 6) is -1.25. The van der Waals surface area contributed by atoms with Gasteiger partial charge in [0.15, 0.2) is 3.24 Å². The van der Waals surface area contributed by atoms with Crippen LogP contribution in [0.25, 0.3) is 0 Å². The van der Waals surface area contributed by atoms with Crippen LogP contribution in [-0.2, 0) is 4.79 Å². The fourth-order valence-electron chi connectivity index (χ4n) is 1.90. The van der Waals surface area contributed by atoms with Gasteiger partial charge in [0.25, 0.3) is 0 Å². The molecule has 0 aromatic carbocycles. The van der Waals surface area contributed by atoms with Gasteiger partial charge in [0.05, 0.1) is 10.7 Å². The smallest absolute Gasteiger partial charge is 0.307 e. The van der Waals surface area contributed by atoms with Crippen molar-refractivity contribution in [3.05, 3.63) is 0 Å². The van der Waals surface area contributed by atoms with Crippen LogP contribution in [0.1, 0.15) is 13.8 Å². The largest absolute Gasteiger partial charge is 0.481 e. The first-order valence-corrected chi connectivity index (χ1v) is 6.50. The van der Waals surface area contributed by atoms with Gasteiger partial charge in [-0.3, -0.25) is 4.79 Å². The summed E-state index contributed by atoms with van der Waals surface area (Å²) in [5, 5.41) is 8.95. The molecule has 0 spiro atoms. The Bertz CT molecular complexity index is 263. The molecule has 3 atom stereocenters. The molecule has 0 heterocycles. The molecule has 0 aromatic rings. The average molecular weight is 369 g/mol. The molecule has 14 heavy (non-hydrogen) atoms. The lowest BCUT2D eigenvalue weighted by Gasteiger charge is -2.19. The first-order valence-electron chi connectivity index (χ1n) is 4.03. The molecular formula is C8H10Br2Cl2O2. The molecular weight excluding hydrogens is 359 g/mol. The van der Waals surface area contributed by atoms with Crippen LogP contribution in [0.4, 0.5) is 0 Å². The van der Waals surface area contributed by atoms with E-state index in [-0.39, 0.29) is 22.1 Å². The summed E-state index contributed by atoms with van der Waals surface area (Å²) in [5.41, 5.74) is -0.261. The Hall–Kier alpha value is 1.01. The average Bonchev–Trinajstić information content (AvgIpc) is 2.49. The quantitative estimate of drug-likeness (QED) is 0.772. The molecule has 1 aliphatic carbocycles. The minimum Gasteiger partial charge on any atom is -0.481 e. The second-order valence-electron chi connectivity index (χ2n) is 4.11. The van der Waals surface area contributed by atoms with E-state index in [2.05, 4.69) is 31.9 Å². The van der Waals surface area contributed by atoms with Crippen molar-refractivity contribution in [3.8, 4) is 0 Å². The van der Waals surface area contributed by atoms with E-state index in [4.69, 9.17) is 28.3 Å². The van der Waals surface area contributed by atoms with Gasteiger partial charge >= 0.3 is 5.97 Å². The monoisotopic (exact) mass is 366 g/mol. The highest BCUT2D eigenvalue weighted by Crippen LogP contribution is 2.64. The minimum absolute atomic E-state index is 0.0608. The van der Waals surface area contributed by atoms with Gasteiger partial charge in [-0.15, -0.1) is 0 Å². The van der Waals surface area contributed by atoms with E-state index in [0.717, 1.165) is 0 Å². The van der Waals surface area contributed by atoms with Gasteiger partial charge in [-0.05, 0) is 27.3 Å². The Labute approximate surface area is 110 Å². The highest BCUT2D eigenvalue weighted by atomic mass is 79.9. The number of carbonyl (C=O) groups is 1. The van der Waals surface area contributed by atoms with Crippen LogP contribution >= 0.6 is 55.1 Å². The van der Waals surface area contributed by atoms with E-state index in [1.54, 1.807) is 0 Å². The number of hydrogen-bond donors (Lipinski definition) is 1. The van der Waals surface area contributed by atoms with Crippen molar-refractivity contribution in [1.82, 2.24) is 0 Å². The number of rotatable bonds is 3. The molecule has 1 rings (SSSR count). The lowest BCUT2D eigenvalue weighted by Crippen LogP contribution is -2.23. The molecule has 1 unspecified atom stereocenters. The molecule has 0 aromatic heterocycles. The molecule has 1 fully saturated rings. The van der Waals surface area contributed by atoms with Crippen LogP contribution < -0.4 is 0 Å². The lowest BCUT2D eigenvalue weighted by molar-refractivity contribution is -0.139. The number of halogens is 4. The molecule has 0 saturated heterocycles. The Morgan fingerprint density at radius 2 is 2.00 bits per heavy atom. The lowest BCUT2D eigenvalue weighted by atomic mass is 10.1. The summed E-state index contributed by atoms with van der Waals surface area (Å²) < 4.78 is -1.13. The van der Waals surface area contributed by atoms with Crippen molar-refractivity contribution in [1.29, 1.82) is 0 Å². The third-order valence-electron chi connectivity index (χ3n) is 2.80. The summed E-state index contributed by atoms with van der Waals surface area (Å²) >= 11 is 18.2. The van der Waals surface area contributed by atoms with Gasteiger partial charge in [-0.1, -0.05) is 53.0 Å². The van der Waals surface area contributed by atoms with Crippen molar-refractivity contribution in [2.75, 3.05) is 0 Å². The maximum atomic E-state index is 10.9. The van der Waals surface area contributed by atoms with Gasteiger partial charge in [-0.25, -0.2) is 0 Å². The SMILES string of the molecule is CC1(C)[C@@H](C(=O)O)[C@@H]1C(Br)C(Cl)(Cl)Br. The maximum absolute atomic E-state index is 10.9. The van der Waals surface area contributed by atoms with Crippen molar-refractivity contribution < 1.29 is 9.90 Å². The molecule has 1 aliphatic rings. The standard InChI is InChI=1S/C8H10Br2Cl2O2/c1-7(2)3(4(7)6(13)14)5(9)8(10,11)12/h3-5H,1-2H3,(H,13,14)/t3-,4-,5?/m1/s1. The van der Waals surface area contributed by atoms with E-state index in [9.17, 15) is 4.79 Å². The normalized spacial score (nSPS) is 32.4. The van der Waals surface area contributed by atoms with Gasteiger partial charge < -0.3 is 5.11 Å². The molecule has 2 nitrogen and oxygen atoms in total. The zero-order valence-electron chi connectivity index (χ0n) is 7.60. The highest BCUT2D eigenvalue weighted by Gasteiger charge is 2.67. The van der Waals surface area contributed by atoms with Crippen molar-refractivity contribution in [2.24, 2.45) is 17.3 Å². The predicted octanol–water partition coefficient (Wildman–Crippen LogP) is 3.63. The van der Waals surface area contributed by atoms with Crippen LogP contribution in [0.2, 0.25) is 0 Å². The first kappa shape index (κ1) is 13.1. The van der Waals surface area contributed by atoms with Gasteiger partial charge in [0.2, 0.25) is 0 Å². The summed E-state index contributed by atoms with van der Waals surface area (Å²) in [7, 11) is 0. The summed E-state index contributed by atoms with van der Waals surface area (Å²) in [6.45, 7) is 3.80. The molecule has 1 saturated carbocycles. The maximum Gasteiger partial charge on any atom is 0.307 e. The Morgan fingerprint density at radius 3 is 2.21 bits per heavy atom. The number of aliphatic carboxylic acids is 1. The molecule has 6 heteroatoms. The van der Waals surface area contributed by atoms with E-state index < -0.39 is 9.21 Å². The second-order valence-corrected chi connectivity index (χ2v) is 8.64. The second kappa shape index (κ2) is 3.79. The van der Waals surface area contributed by atoms with Gasteiger partial charge in [-0.2, -0.15) is 0 Å². The van der Waals surface area contributed by atoms with E-state index in [0.29, 0.717) is 0 Å². The van der Waals surface area contributed by atoms with Crippen LogP contribution in [-0.4, -0.2) is 19.1 Å². The number of alkyl halides is 4. The third-order valence-corrected chi connectivity index (χ3v) is 6.17. The topological polar surface area (TPSA) is 37.3 Å².